The molecular weight excluding hydrogens is 231 g/mol. The maximum absolute atomic E-state index is 13.6. The molecule has 1 amide bonds. The molecule has 18 heavy (non-hydrogen) atoms. The molecule has 0 heterocycles. The van der Waals surface area contributed by atoms with E-state index in [-0.39, 0.29) is 11.7 Å². The van der Waals surface area contributed by atoms with Gasteiger partial charge in [0, 0.05) is 0 Å². The average molecular weight is 248 g/mol. The number of benzene rings is 1. The third-order valence-electron chi connectivity index (χ3n) is 3.27. The van der Waals surface area contributed by atoms with Crippen LogP contribution in [0.4, 0.5) is 10.1 Å². The molecular formula is C14H17FN2O. The molecule has 1 aromatic rings. The van der Waals surface area contributed by atoms with Crippen LogP contribution in [0.5, 0.6) is 0 Å². The summed E-state index contributed by atoms with van der Waals surface area (Å²) >= 11 is 0. The second-order valence-electron chi connectivity index (χ2n) is 4.55. The summed E-state index contributed by atoms with van der Waals surface area (Å²) in [6.07, 6.45) is 6.78. The summed E-state index contributed by atoms with van der Waals surface area (Å²) < 4.78 is 13.6. The van der Waals surface area contributed by atoms with E-state index in [2.05, 4.69) is 11.4 Å². The normalized spacial score (nSPS) is 20.4. The third kappa shape index (κ3) is 2.88. The van der Waals surface area contributed by atoms with Crippen molar-refractivity contribution in [3.8, 4) is 0 Å². The van der Waals surface area contributed by atoms with Crippen LogP contribution in [0.25, 0.3) is 0 Å². The monoisotopic (exact) mass is 248 g/mol. The van der Waals surface area contributed by atoms with Crippen molar-refractivity contribution in [2.75, 3.05) is 5.32 Å². The highest BCUT2D eigenvalue weighted by atomic mass is 19.1. The number of hydrogen-bond donors (Lipinski definition) is 2. The molecule has 3 N–H and O–H groups in total. The molecule has 0 aromatic heterocycles. The zero-order chi connectivity index (χ0) is 13.0. The lowest BCUT2D eigenvalue weighted by Gasteiger charge is -2.27. The lowest BCUT2D eigenvalue weighted by molar-refractivity contribution is -0.119. The first-order valence-electron chi connectivity index (χ1n) is 6.14. The Kier molecular flexibility index (Phi) is 3.97. The Morgan fingerprint density at radius 1 is 1.39 bits per heavy atom. The van der Waals surface area contributed by atoms with E-state index >= 15 is 0 Å². The summed E-state index contributed by atoms with van der Waals surface area (Å²) in [5, 5.41) is 2.93. The van der Waals surface area contributed by atoms with Gasteiger partial charge in [0.15, 0.2) is 0 Å². The highest BCUT2D eigenvalue weighted by Gasteiger charge is 2.26. The number of primary amides is 1. The molecule has 2 unspecified atom stereocenters. The van der Waals surface area contributed by atoms with Crippen molar-refractivity contribution in [3.05, 3.63) is 42.2 Å². The summed E-state index contributed by atoms with van der Waals surface area (Å²) in [5.41, 5.74) is 5.75. The Morgan fingerprint density at radius 3 is 2.78 bits per heavy atom. The topological polar surface area (TPSA) is 55.1 Å². The minimum absolute atomic E-state index is 0.132. The summed E-state index contributed by atoms with van der Waals surface area (Å²) in [6, 6.07) is 5.80. The zero-order valence-electron chi connectivity index (χ0n) is 10.1. The number of rotatable bonds is 4. The molecule has 0 bridgehead atoms. The molecule has 0 fully saturated rings. The van der Waals surface area contributed by atoms with Gasteiger partial charge >= 0.3 is 0 Å². The molecule has 1 aliphatic carbocycles. The van der Waals surface area contributed by atoms with Crippen LogP contribution in [0.3, 0.4) is 0 Å². The van der Waals surface area contributed by atoms with E-state index < -0.39 is 11.9 Å². The van der Waals surface area contributed by atoms with E-state index in [0.29, 0.717) is 5.69 Å². The van der Waals surface area contributed by atoms with E-state index in [1.807, 2.05) is 6.08 Å². The molecule has 3 nitrogen and oxygen atoms in total. The van der Waals surface area contributed by atoms with Crippen LogP contribution < -0.4 is 11.1 Å². The first-order valence-corrected chi connectivity index (χ1v) is 6.14. The summed E-state index contributed by atoms with van der Waals surface area (Å²) in [6.45, 7) is 0. The number of allylic oxidation sites excluding steroid dienone is 2. The maximum atomic E-state index is 13.6. The van der Waals surface area contributed by atoms with Crippen molar-refractivity contribution in [1.29, 1.82) is 0 Å². The first-order chi connectivity index (χ1) is 8.68. The predicted octanol–water partition coefficient (Wildman–Crippen LogP) is 2.45. The molecule has 0 aliphatic heterocycles. The number of anilines is 1. The Morgan fingerprint density at radius 2 is 2.17 bits per heavy atom. The van der Waals surface area contributed by atoms with Gasteiger partial charge in [0.05, 0.1) is 5.69 Å². The molecule has 1 aliphatic rings. The molecule has 96 valence electrons. The molecule has 0 saturated heterocycles. The number of nitrogens with one attached hydrogen (secondary N) is 1. The second-order valence-corrected chi connectivity index (χ2v) is 4.55. The Bertz CT molecular complexity index is 459. The highest BCUT2D eigenvalue weighted by Crippen LogP contribution is 2.25. The fraction of sp³-hybridized carbons (Fsp3) is 0.357. The van der Waals surface area contributed by atoms with E-state index in [0.717, 1.165) is 19.3 Å². The van der Waals surface area contributed by atoms with Crippen LogP contribution in [0.2, 0.25) is 0 Å². The molecule has 4 heteroatoms. The lowest BCUT2D eigenvalue weighted by Crippen LogP contribution is -2.42. The van der Waals surface area contributed by atoms with Crippen molar-refractivity contribution in [2.45, 2.75) is 25.3 Å². The molecule has 0 radical (unpaired) electrons. The number of para-hydroxylation sites is 1. The Labute approximate surface area is 106 Å². The van der Waals surface area contributed by atoms with Crippen LogP contribution >= 0.6 is 0 Å². The van der Waals surface area contributed by atoms with Crippen molar-refractivity contribution in [3.63, 3.8) is 0 Å². The minimum atomic E-state index is -0.521. The van der Waals surface area contributed by atoms with Gasteiger partial charge in [-0.25, -0.2) is 4.39 Å². The number of carbonyl (C=O) groups excluding carboxylic acids is 1. The lowest BCUT2D eigenvalue weighted by atomic mass is 9.87. The molecule has 1 aromatic carbocycles. The van der Waals surface area contributed by atoms with Crippen molar-refractivity contribution >= 4 is 11.6 Å². The summed E-state index contributed by atoms with van der Waals surface area (Å²) in [4.78, 5) is 11.5. The fourth-order valence-electron chi connectivity index (χ4n) is 2.29. The van der Waals surface area contributed by atoms with Gasteiger partial charge in [-0.05, 0) is 37.3 Å². The van der Waals surface area contributed by atoms with E-state index in [9.17, 15) is 9.18 Å². The maximum Gasteiger partial charge on any atom is 0.240 e. The molecule has 2 atom stereocenters. The molecule has 0 saturated carbocycles. The largest absolute Gasteiger partial charge is 0.371 e. The first kappa shape index (κ1) is 12.6. The van der Waals surface area contributed by atoms with Crippen LogP contribution in [-0.4, -0.2) is 11.9 Å². The van der Waals surface area contributed by atoms with Crippen LogP contribution in [0.1, 0.15) is 19.3 Å². The van der Waals surface area contributed by atoms with Crippen LogP contribution in [0.15, 0.2) is 36.4 Å². The number of halogens is 1. The van der Waals surface area contributed by atoms with Gasteiger partial charge in [0.2, 0.25) is 5.91 Å². The van der Waals surface area contributed by atoms with Crippen molar-refractivity contribution in [2.24, 2.45) is 11.7 Å². The zero-order valence-corrected chi connectivity index (χ0v) is 10.1. The van der Waals surface area contributed by atoms with Gasteiger partial charge in [-0.1, -0.05) is 24.3 Å². The Balaban J connectivity index is 2.14. The second kappa shape index (κ2) is 5.67. The number of hydrogen-bond acceptors (Lipinski definition) is 2. The smallest absolute Gasteiger partial charge is 0.240 e. The van der Waals surface area contributed by atoms with E-state index in [1.165, 1.54) is 6.07 Å². The number of nitrogens with two attached hydrogens (primary N) is 1. The van der Waals surface area contributed by atoms with Gasteiger partial charge in [0.1, 0.15) is 11.9 Å². The predicted molar refractivity (Wildman–Crippen MR) is 69.5 cm³/mol. The number of amides is 1. The quantitative estimate of drug-likeness (QED) is 0.804. The van der Waals surface area contributed by atoms with Gasteiger partial charge in [-0.15, -0.1) is 0 Å². The average Bonchev–Trinajstić information content (AvgIpc) is 2.38. The minimum Gasteiger partial charge on any atom is -0.371 e. The van der Waals surface area contributed by atoms with Gasteiger partial charge < -0.3 is 11.1 Å². The standard InChI is InChI=1S/C14H17FN2O/c15-11-8-4-5-9-12(11)17-13(14(16)18)10-6-2-1-3-7-10/h1-2,4-5,8-10,13,17H,3,6-7H2,(H2,16,18). The van der Waals surface area contributed by atoms with E-state index in [4.69, 9.17) is 5.73 Å². The van der Waals surface area contributed by atoms with Gasteiger partial charge in [-0.2, -0.15) is 0 Å². The Hall–Kier alpha value is -1.84. The van der Waals surface area contributed by atoms with Crippen LogP contribution in [-0.2, 0) is 4.79 Å². The highest BCUT2D eigenvalue weighted by molar-refractivity contribution is 5.83. The van der Waals surface area contributed by atoms with E-state index in [1.54, 1.807) is 18.2 Å². The van der Waals surface area contributed by atoms with Crippen molar-refractivity contribution < 1.29 is 9.18 Å². The SMILES string of the molecule is NC(=O)C(Nc1ccccc1F)C1CC=CCC1. The molecule has 0 spiro atoms. The number of carbonyl (C=O) groups is 1. The van der Waals surface area contributed by atoms with Crippen molar-refractivity contribution in [1.82, 2.24) is 0 Å². The van der Waals surface area contributed by atoms with Crippen LogP contribution in [0, 0.1) is 11.7 Å². The van der Waals surface area contributed by atoms with Gasteiger partial charge in [0.25, 0.3) is 0 Å². The fourth-order valence-corrected chi connectivity index (χ4v) is 2.29. The summed E-state index contributed by atoms with van der Waals surface area (Å²) in [5.74, 6) is -0.666. The molecule has 2 rings (SSSR count). The summed E-state index contributed by atoms with van der Waals surface area (Å²) in [7, 11) is 0. The third-order valence-corrected chi connectivity index (χ3v) is 3.27. The van der Waals surface area contributed by atoms with Gasteiger partial charge in [-0.3, -0.25) is 4.79 Å².